The van der Waals surface area contributed by atoms with Crippen molar-refractivity contribution in [3.63, 3.8) is 0 Å². The summed E-state index contributed by atoms with van der Waals surface area (Å²) >= 11 is 0. The van der Waals surface area contributed by atoms with Gasteiger partial charge >= 0.3 is 5.97 Å². The minimum Gasteiger partial charge on any atom is -0.457 e. The van der Waals surface area contributed by atoms with Gasteiger partial charge in [-0.15, -0.1) is 0 Å². The number of rotatable bonds is 2. The van der Waals surface area contributed by atoms with Crippen LogP contribution in [0.15, 0.2) is 24.3 Å². The summed E-state index contributed by atoms with van der Waals surface area (Å²) in [7, 11) is 0. The average Bonchev–Trinajstić information content (AvgIpc) is 2.47. The highest BCUT2D eigenvalue weighted by molar-refractivity contribution is 5.73. The fourth-order valence-corrected chi connectivity index (χ4v) is 3.41. The van der Waals surface area contributed by atoms with Crippen LogP contribution < -0.4 is 5.32 Å². The Morgan fingerprint density at radius 3 is 3.00 bits per heavy atom. The van der Waals surface area contributed by atoms with Crippen LogP contribution in [-0.2, 0) is 16.0 Å². The molecule has 1 N–H and O–H groups in total. The van der Waals surface area contributed by atoms with Gasteiger partial charge in [0.05, 0.1) is 5.92 Å². The molecular formula is C17H23NO2. The molecule has 1 fully saturated rings. The molecule has 1 aliphatic carbocycles. The lowest BCUT2D eigenvalue weighted by atomic mass is 9.89. The average molecular weight is 273 g/mol. The largest absolute Gasteiger partial charge is 0.457 e. The molecule has 0 radical (unpaired) electrons. The molecule has 1 aliphatic heterocycles. The van der Waals surface area contributed by atoms with Gasteiger partial charge in [0.1, 0.15) is 6.10 Å². The third-order valence-corrected chi connectivity index (χ3v) is 4.53. The predicted molar refractivity (Wildman–Crippen MR) is 78.4 cm³/mol. The van der Waals surface area contributed by atoms with E-state index in [0.717, 1.165) is 38.6 Å². The molecule has 0 spiro atoms. The molecular weight excluding hydrogens is 250 g/mol. The predicted octanol–water partition coefficient (Wildman–Crippen LogP) is 3.00. The van der Waals surface area contributed by atoms with Gasteiger partial charge in [0.2, 0.25) is 0 Å². The highest BCUT2D eigenvalue weighted by Crippen LogP contribution is 2.33. The van der Waals surface area contributed by atoms with Crippen LogP contribution >= 0.6 is 0 Å². The lowest BCUT2D eigenvalue weighted by Gasteiger charge is -2.30. The quantitative estimate of drug-likeness (QED) is 0.842. The third-order valence-electron chi connectivity index (χ3n) is 4.53. The van der Waals surface area contributed by atoms with Gasteiger partial charge in [-0.2, -0.15) is 0 Å². The van der Waals surface area contributed by atoms with Gasteiger partial charge in [-0.25, -0.2) is 0 Å². The van der Waals surface area contributed by atoms with Crippen LogP contribution in [0.25, 0.3) is 0 Å². The first-order valence-electron chi connectivity index (χ1n) is 7.75. The summed E-state index contributed by atoms with van der Waals surface area (Å²) in [6, 6.07) is 8.79. The fraction of sp³-hybridized carbons (Fsp3) is 0.588. The molecule has 20 heavy (non-hydrogen) atoms. The Morgan fingerprint density at radius 2 is 2.15 bits per heavy atom. The van der Waals surface area contributed by atoms with Crippen molar-refractivity contribution in [3.8, 4) is 0 Å². The number of nitrogens with one attached hydrogen (secondary N) is 1. The minimum absolute atomic E-state index is 0.0000491. The van der Waals surface area contributed by atoms with E-state index in [9.17, 15) is 4.79 Å². The Hall–Kier alpha value is -1.35. The zero-order chi connectivity index (χ0) is 13.9. The zero-order valence-electron chi connectivity index (χ0n) is 12.1. The molecule has 3 rings (SSSR count). The normalized spacial score (nSPS) is 29.6. The third kappa shape index (κ3) is 2.88. The number of aryl methyl sites for hydroxylation is 1. The molecule has 3 nitrogen and oxygen atoms in total. The van der Waals surface area contributed by atoms with Crippen molar-refractivity contribution in [1.29, 1.82) is 0 Å². The van der Waals surface area contributed by atoms with E-state index in [2.05, 4.69) is 30.4 Å². The number of piperidine rings is 1. The van der Waals surface area contributed by atoms with Crippen LogP contribution in [0, 0.1) is 5.92 Å². The van der Waals surface area contributed by atoms with E-state index >= 15 is 0 Å². The second-order valence-electron chi connectivity index (χ2n) is 6.09. The molecule has 0 amide bonds. The van der Waals surface area contributed by atoms with Gasteiger partial charge in [-0.3, -0.25) is 4.79 Å². The number of carbonyl (C=O) groups is 1. The lowest BCUT2D eigenvalue weighted by Crippen LogP contribution is -2.39. The fourth-order valence-electron chi connectivity index (χ4n) is 3.41. The van der Waals surface area contributed by atoms with E-state index in [1.165, 1.54) is 11.1 Å². The summed E-state index contributed by atoms with van der Waals surface area (Å²) in [6.45, 7) is 3.05. The van der Waals surface area contributed by atoms with Gasteiger partial charge in [0.15, 0.2) is 0 Å². The molecule has 108 valence electrons. The molecule has 1 saturated heterocycles. The molecule has 1 heterocycles. The summed E-state index contributed by atoms with van der Waals surface area (Å²) in [4.78, 5) is 12.4. The van der Waals surface area contributed by atoms with Crippen LogP contribution in [0.3, 0.4) is 0 Å². The van der Waals surface area contributed by atoms with Crippen LogP contribution in [0.2, 0.25) is 0 Å². The topological polar surface area (TPSA) is 38.3 Å². The van der Waals surface area contributed by atoms with E-state index in [0.29, 0.717) is 6.04 Å². The Labute approximate surface area is 120 Å². The Bertz CT molecular complexity index is 486. The number of fused-ring (bicyclic) bond motifs is 1. The van der Waals surface area contributed by atoms with Crippen molar-refractivity contribution in [2.75, 3.05) is 6.54 Å². The summed E-state index contributed by atoms with van der Waals surface area (Å²) in [6.07, 6.45) is 4.94. The summed E-state index contributed by atoms with van der Waals surface area (Å²) in [5, 5.41) is 3.38. The number of hydrogen-bond donors (Lipinski definition) is 1. The number of ether oxygens (including phenoxy) is 1. The molecule has 2 aliphatic rings. The number of carbonyl (C=O) groups excluding carboxylic acids is 1. The smallest absolute Gasteiger partial charge is 0.309 e. The van der Waals surface area contributed by atoms with Crippen molar-refractivity contribution in [3.05, 3.63) is 35.4 Å². The second-order valence-corrected chi connectivity index (χ2v) is 6.09. The molecule has 1 aromatic carbocycles. The first-order chi connectivity index (χ1) is 9.74. The summed E-state index contributed by atoms with van der Waals surface area (Å²) in [5.41, 5.74) is 2.56. The van der Waals surface area contributed by atoms with Gasteiger partial charge < -0.3 is 10.1 Å². The van der Waals surface area contributed by atoms with E-state index in [4.69, 9.17) is 4.74 Å². The Morgan fingerprint density at radius 1 is 1.30 bits per heavy atom. The maximum atomic E-state index is 12.4. The molecule has 3 atom stereocenters. The number of benzene rings is 1. The Kier molecular flexibility index (Phi) is 4.06. The van der Waals surface area contributed by atoms with E-state index in [1.807, 2.05) is 6.07 Å². The highest BCUT2D eigenvalue weighted by atomic mass is 16.5. The van der Waals surface area contributed by atoms with Gasteiger partial charge in [0.25, 0.3) is 0 Å². The van der Waals surface area contributed by atoms with Gasteiger partial charge in [-0.05, 0) is 56.7 Å². The van der Waals surface area contributed by atoms with Crippen LogP contribution in [0.5, 0.6) is 0 Å². The maximum Gasteiger partial charge on any atom is 0.309 e. The monoisotopic (exact) mass is 273 g/mol. The minimum atomic E-state index is -0.0300. The van der Waals surface area contributed by atoms with Crippen LogP contribution in [0.4, 0.5) is 0 Å². The SMILES string of the molecule is CC1CC(C(=O)OC2CCCc3ccccc32)CCN1. The first kappa shape index (κ1) is 13.6. The second kappa shape index (κ2) is 5.96. The maximum absolute atomic E-state index is 12.4. The van der Waals surface area contributed by atoms with Crippen molar-refractivity contribution >= 4 is 5.97 Å². The molecule has 0 saturated carbocycles. The van der Waals surface area contributed by atoms with Crippen molar-refractivity contribution in [2.24, 2.45) is 5.92 Å². The lowest BCUT2D eigenvalue weighted by molar-refractivity contribution is -0.156. The molecule has 3 unspecified atom stereocenters. The molecule has 3 heteroatoms. The van der Waals surface area contributed by atoms with Crippen LogP contribution in [-0.4, -0.2) is 18.6 Å². The van der Waals surface area contributed by atoms with E-state index in [1.54, 1.807) is 0 Å². The first-order valence-corrected chi connectivity index (χ1v) is 7.75. The summed E-state index contributed by atoms with van der Waals surface area (Å²) < 4.78 is 5.84. The zero-order valence-corrected chi connectivity index (χ0v) is 12.1. The molecule has 1 aromatic rings. The van der Waals surface area contributed by atoms with Crippen molar-refractivity contribution in [2.45, 2.75) is 51.2 Å². The molecule has 0 aromatic heterocycles. The van der Waals surface area contributed by atoms with Crippen molar-refractivity contribution < 1.29 is 9.53 Å². The standard InChI is InChI=1S/C17H23NO2/c1-12-11-14(9-10-18-12)17(19)20-16-8-4-6-13-5-2-3-7-15(13)16/h2-3,5,7,12,14,16,18H,4,6,8-11H2,1H3. The van der Waals surface area contributed by atoms with Crippen molar-refractivity contribution in [1.82, 2.24) is 5.32 Å². The Balaban J connectivity index is 1.68. The van der Waals surface area contributed by atoms with Crippen LogP contribution in [0.1, 0.15) is 49.8 Å². The number of hydrogen-bond acceptors (Lipinski definition) is 3. The molecule has 0 bridgehead atoms. The van der Waals surface area contributed by atoms with Gasteiger partial charge in [0, 0.05) is 6.04 Å². The van der Waals surface area contributed by atoms with E-state index < -0.39 is 0 Å². The van der Waals surface area contributed by atoms with Gasteiger partial charge in [-0.1, -0.05) is 24.3 Å². The number of esters is 1. The highest BCUT2D eigenvalue weighted by Gasteiger charge is 2.30. The van der Waals surface area contributed by atoms with E-state index in [-0.39, 0.29) is 18.0 Å². The summed E-state index contributed by atoms with van der Waals surface area (Å²) in [5.74, 6) is 0.0698.